The third-order valence-corrected chi connectivity index (χ3v) is 4.09. The Morgan fingerprint density at radius 1 is 1.05 bits per heavy atom. The van der Waals surface area contributed by atoms with Crippen molar-refractivity contribution in [1.82, 2.24) is 0 Å². The molecule has 22 heavy (non-hydrogen) atoms. The summed E-state index contributed by atoms with van der Waals surface area (Å²) >= 11 is 3.48. The van der Waals surface area contributed by atoms with Gasteiger partial charge in [0.2, 0.25) is 0 Å². The van der Waals surface area contributed by atoms with Crippen molar-refractivity contribution in [2.45, 2.75) is 19.5 Å². The lowest BCUT2D eigenvalue weighted by Gasteiger charge is -2.08. The van der Waals surface area contributed by atoms with Gasteiger partial charge in [-0.3, -0.25) is 4.99 Å². The van der Waals surface area contributed by atoms with E-state index in [9.17, 15) is 13.2 Å². The lowest BCUT2D eigenvalue weighted by molar-refractivity contribution is -0.137. The molecule has 0 spiro atoms. The summed E-state index contributed by atoms with van der Waals surface area (Å²) in [7, 11) is 0. The monoisotopic (exact) mass is 369 g/mol. The fourth-order valence-corrected chi connectivity index (χ4v) is 2.52. The molecule has 0 fully saturated rings. The molecular formula is C17H15BrF3N. The number of hydrogen-bond donors (Lipinski definition) is 0. The van der Waals surface area contributed by atoms with E-state index in [1.807, 2.05) is 31.2 Å². The average Bonchev–Trinajstić information content (AvgIpc) is 2.48. The summed E-state index contributed by atoms with van der Waals surface area (Å²) in [6.45, 7) is 2.40. The van der Waals surface area contributed by atoms with Crippen LogP contribution in [0.25, 0.3) is 0 Å². The second kappa shape index (κ2) is 7.09. The highest BCUT2D eigenvalue weighted by molar-refractivity contribution is 9.10. The van der Waals surface area contributed by atoms with Gasteiger partial charge < -0.3 is 0 Å². The van der Waals surface area contributed by atoms with E-state index in [1.54, 1.807) is 0 Å². The highest BCUT2D eigenvalue weighted by Gasteiger charge is 2.29. The van der Waals surface area contributed by atoms with Crippen LogP contribution in [0.2, 0.25) is 0 Å². The van der Waals surface area contributed by atoms with Crippen LogP contribution in [-0.2, 0) is 12.6 Å². The summed E-state index contributed by atoms with van der Waals surface area (Å²) in [4.78, 5) is 4.44. The number of benzene rings is 2. The molecule has 2 aromatic carbocycles. The molecule has 116 valence electrons. The Balaban J connectivity index is 2.02. The van der Waals surface area contributed by atoms with Crippen LogP contribution in [0.5, 0.6) is 0 Å². The first-order valence-corrected chi connectivity index (χ1v) is 7.59. The Hall–Kier alpha value is -1.62. The van der Waals surface area contributed by atoms with Gasteiger partial charge >= 0.3 is 6.18 Å². The third kappa shape index (κ3) is 4.44. The zero-order chi connectivity index (χ0) is 16.2. The van der Waals surface area contributed by atoms with Crippen LogP contribution in [0.4, 0.5) is 13.2 Å². The summed E-state index contributed by atoms with van der Waals surface area (Å²) < 4.78 is 38.6. The molecule has 0 heterocycles. The zero-order valence-corrected chi connectivity index (χ0v) is 13.6. The summed E-state index contributed by atoms with van der Waals surface area (Å²) in [6, 6.07) is 13.0. The summed E-state index contributed by atoms with van der Waals surface area (Å²) in [6.07, 6.45) is -3.53. The maximum atomic E-state index is 12.5. The second-order valence-corrected chi connectivity index (χ2v) is 5.74. The van der Waals surface area contributed by atoms with Gasteiger partial charge in [-0.05, 0) is 42.7 Å². The molecule has 2 aromatic rings. The van der Waals surface area contributed by atoms with E-state index in [-0.39, 0.29) is 0 Å². The average molecular weight is 370 g/mol. The van der Waals surface area contributed by atoms with Crippen molar-refractivity contribution in [2.24, 2.45) is 4.99 Å². The number of alkyl halides is 3. The first kappa shape index (κ1) is 16.7. The molecule has 0 unspecified atom stereocenters. The van der Waals surface area contributed by atoms with E-state index in [0.29, 0.717) is 12.1 Å². The quantitative estimate of drug-likeness (QED) is 0.629. The van der Waals surface area contributed by atoms with E-state index in [2.05, 4.69) is 20.9 Å². The number of halogens is 4. The van der Waals surface area contributed by atoms with Gasteiger partial charge in [-0.25, -0.2) is 0 Å². The van der Waals surface area contributed by atoms with Crippen LogP contribution in [0.3, 0.4) is 0 Å². The predicted octanol–water partition coefficient (Wildman–Crippen LogP) is 5.52. The van der Waals surface area contributed by atoms with Crippen molar-refractivity contribution in [3.05, 3.63) is 69.7 Å². The van der Waals surface area contributed by atoms with Gasteiger partial charge in [-0.1, -0.05) is 46.3 Å². The molecule has 0 aliphatic rings. The van der Waals surface area contributed by atoms with E-state index in [4.69, 9.17) is 0 Å². The molecule has 5 heteroatoms. The molecule has 0 amide bonds. The minimum Gasteiger partial charge on any atom is -0.289 e. The van der Waals surface area contributed by atoms with Crippen molar-refractivity contribution in [1.29, 1.82) is 0 Å². The SMILES string of the molecule is CC(=NCCc1ccccc1Br)c1ccc(C(F)(F)F)cc1. The lowest BCUT2D eigenvalue weighted by atomic mass is 10.1. The maximum Gasteiger partial charge on any atom is 0.416 e. The number of hydrogen-bond acceptors (Lipinski definition) is 1. The second-order valence-electron chi connectivity index (χ2n) is 4.88. The van der Waals surface area contributed by atoms with Crippen LogP contribution < -0.4 is 0 Å². The van der Waals surface area contributed by atoms with Gasteiger partial charge in [0.25, 0.3) is 0 Å². The fraction of sp³-hybridized carbons (Fsp3) is 0.235. The van der Waals surface area contributed by atoms with Crippen LogP contribution in [0.15, 0.2) is 58.0 Å². The largest absolute Gasteiger partial charge is 0.416 e. The number of aliphatic imine (C=N–C) groups is 1. The molecule has 0 N–H and O–H groups in total. The Morgan fingerprint density at radius 2 is 1.68 bits per heavy atom. The van der Waals surface area contributed by atoms with Gasteiger partial charge in [0, 0.05) is 16.7 Å². The Kier molecular flexibility index (Phi) is 5.40. The molecule has 0 atom stereocenters. The van der Waals surface area contributed by atoms with Gasteiger partial charge in [-0.2, -0.15) is 13.2 Å². The van der Waals surface area contributed by atoms with Gasteiger partial charge in [-0.15, -0.1) is 0 Å². The highest BCUT2D eigenvalue weighted by Crippen LogP contribution is 2.29. The van der Waals surface area contributed by atoms with E-state index in [0.717, 1.165) is 34.3 Å². The lowest BCUT2D eigenvalue weighted by Crippen LogP contribution is -2.05. The molecule has 0 saturated heterocycles. The molecule has 0 aliphatic heterocycles. The van der Waals surface area contributed by atoms with Crippen LogP contribution >= 0.6 is 15.9 Å². The van der Waals surface area contributed by atoms with E-state index in [1.165, 1.54) is 12.1 Å². The van der Waals surface area contributed by atoms with Gasteiger partial charge in [0.1, 0.15) is 0 Å². The van der Waals surface area contributed by atoms with E-state index >= 15 is 0 Å². The maximum absolute atomic E-state index is 12.5. The molecule has 0 bridgehead atoms. The van der Waals surface area contributed by atoms with E-state index < -0.39 is 11.7 Å². The minimum absolute atomic E-state index is 0.593. The van der Waals surface area contributed by atoms with Crippen molar-refractivity contribution >= 4 is 21.6 Å². The molecular weight excluding hydrogens is 355 g/mol. The van der Waals surface area contributed by atoms with Gasteiger partial charge in [0.05, 0.1) is 5.56 Å². The van der Waals surface area contributed by atoms with Crippen molar-refractivity contribution < 1.29 is 13.2 Å². The van der Waals surface area contributed by atoms with Crippen LogP contribution in [0.1, 0.15) is 23.6 Å². The third-order valence-electron chi connectivity index (χ3n) is 3.32. The molecule has 0 aromatic heterocycles. The minimum atomic E-state index is -4.30. The van der Waals surface area contributed by atoms with Crippen molar-refractivity contribution in [2.75, 3.05) is 6.54 Å². The summed E-state index contributed by atoms with van der Waals surface area (Å²) in [5.74, 6) is 0. The summed E-state index contributed by atoms with van der Waals surface area (Å²) in [5, 5.41) is 0. The fourth-order valence-electron chi connectivity index (χ4n) is 2.04. The van der Waals surface area contributed by atoms with Crippen LogP contribution in [-0.4, -0.2) is 12.3 Å². The molecule has 0 saturated carbocycles. The molecule has 1 nitrogen and oxygen atoms in total. The molecule has 2 rings (SSSR count). The molecule has 0 aliphatic carbocycles. The topological polar surface area (TPSA) is 12.4 Å². The van der Waals surface area contributed by atoms with Crippen molar-refractivity contribution in [3.63, 3.8) is 0 Å². The Morgan fingerprint density at radius 3 is 2.27 bits per heavy atom. The van der Waals surface area contributed by atoms with Crippen molar-refractivity contribution in [3.8, 4) is 0 Å². The van der Waals surface area contributed by atoms with Crippen LogP contribution in [0, 0.1) is 0 Å². The number of rotatable bonds is 4. The first-order chi connectivity index (χ1) is 10.4. The Bertz CT molecular complexity index is 660. The standard InChI is InChI=1S/C17H15BrF3N/c1-12(13-6-8-15(9-7-13)17(19,20)21)22-11-10-14-4-2-3-5-16(14)18/h2-9H,10-11H2,1H3. The Labute approximate surface area is 136 Å². The molecule has 0 radical (unpaired) electrons. The van der Waals surface area contributed by atoms with Gasteiger partial charge in [0.15, 0.2) is 0 Å². The summed E-state index contributed by atoms with van der Waals surface area (Å²) in [5.41, 5.74) is 1.96. The zero-order valence-electron chi connectivity index (χ0n) is 12.0. The first-order valence-electron chi connectivity index (χ1n) is 6.80. The highest BCUT2D eigenvalue weighted by atomic mass is 79.9. The predicted molar refractivity (Wildman–Crippen MR) is 86.4 cm³/mol. The number of nitrogens with zero attached hydrogens (tertiary/aromatic N) is 1. The normalized spacial score (nSPS) is 12.5. The smallest absolute Gasteiger partial charge is 0.289 e.